The van der Waals surface area contributed by atoms with Gasteiger partial charge in [-0.1, -0.05) is 13.0 Å². The molecule has 5 heteroatoms. The Kier molecular flexibility index (Phi) is 5.17. The number of nitrogens with zero attached hydrogens (tertiary/aromatic N) is 2. The average molecular weight is 291 g/mol. The van der Waals surface area contributed by atoms with E-state index in [0.717, 1.165) is 30.7 Å². The largest absolute Gasteiger partial charge is 0.396 e. The average Bonchev–Trinajstić information content (AvgIpc) is 2.53. The van der Waals surface area contributed by atoms with Gasteiger partial charge < -0.3 is 15.3 Å². The molecule has 1 aliphatic heterocycles. The maximum atomic E-state index is 12.2. The fourth-order valence-electron chi connectivity index (χ4n) is 2.78. The van der Waals surface area contributed by atoms with Crippen LogP contribution in [0, 0.1) is 12.3 Å². The number of likely N-dealkylation sites (tertiary alicyclic amines) is 1. The lowest BCUT2D eigenvalue weighted by molar-refractivity contribution is 0.0519. The highest BCUT2D eigenvalue weighted by atomic mass is 16.3. The predicted molar refractivity (Wildman–Crippen MR) is 81.8 cm³/mol. The summed E-state index contributed by atoms with van der Waals surface area (Å²) >= 11 is 0. The van der Waals surface area contributed by atoms with Gasteiger partial charge in [-0.3, -0.25) is 4.98 Å². The van der Waals surface area contributed by atoms with Crippen molar-refractivity contribution >= 4 is 6.03 Å². The van der Waals surface area contributed by atoms with Gasteiger partial charge in [0.25, 0.3) is 0 Å². The molecule has 0 saturated carbocycles. The topological polar surface area (TPSA) is 65.5 Å². The predicted octanol–water partition coefficient (Wildman–Crippen LogP) is 2.08. The smallest absolute Gasteiger partial charge is 0.317 e. The fourth-order valence-corrected chi connectivity index (χ4v) is 2.78. The minimum Gasteiger partial charge on any atom is -0.396 e. The maximum Gasteiger partial charge on any atom is 0.317 e. The Morgan fingerprint density at radius 3 is 2.71 bits per heavy atom. The minimum atomic E-state index is -0.0408. The molecule has 21 heavy (non-hydrogen) atoms. The highest BCUT2D eigenvalue weighted by molar-refractivity contribution is 5.74. The van der Waals surface area contributed by atoms with Crippen molar-refractivity contribution in [3.8, 4) is 0 Å². The van der Waals surface area contributed by atoms with E-state index < -0.39 is 0 Å². The van der Waals surface area contributed by atoms with Crippen LogP contribution >= 0.6 is 0 Å². The molecule has 0 spiro atoms. The molecule has 1 aliphatic rings. The number of aromatic nitrogens is 1. The van der Waals surface area contributed by atoms with Crippen molar-refractivity contribution in [2.24, 2.45) is 5.41 Å². The first kappa shape index (κ1) is 15.8. The van der Waals surface area contributed by atoms with Crippen LogP contribution < -0.4 is 5.32 Å². The number of carbonyl (C=O) groups excluding carboxylic acids is 1. The van der Waals surface area contributed by atoms with E-state index in [9.17, 15) is 9.90 Å². The molecular weight excluding hydrogens is 266 g/mol. The summed E-state index contributed by atoms with van der Waals surface area (Å²) in [6.07, 6.45) is 2.71. The third-order valence-electron chi connectivity index (χ3n) is 4.56. The van der Waals surface area contributed by atoms with Gasteiger partial charge in [0.2, 0.25) is 0 Å². The number of hydrogen-bond donors (Lipinski definition) is 2. The molecule has 0 aromatic carbocycles. The summed E-state index contributed by atoms with van der Waals surface area (Å²) in [4.78, 5) is 18.4. The van der Waals surface area contributed by atoms with Crippen molar-refractivity contribution in [2.45, 2.75) is 39.7 Å². The van der Waals surface area contributed by atoms with E-state index in [0.29, 0.717) is 19.6 Å². The number of urea groups is 1. The molecule has 2 amide bonds. The van der Waals surface area contributed by atoms with Crippen LogP contribution in [0.15, 0.2) is 18.2 Å². The number of amides is 2. The molecule has 0 bridgehead atoms. The third kappa shape index (κ3) is 3.94. The zero-order valence-electron chi connectivity index (χ0n) is 12.9. The minimum absolute atomic E-state index is 0.00881. The van der Waals surface area contributed by atoms with E-state index >= 15 is 0 Å². The third-order valence-corrected chi connectivity index (χ3v) is 4.56. The molecule has 0 unspecified atom stereocenters. The first-order valence-corrected chi connectivity index (χ1v) is 7.65. The van der Waals surface area contributed by atoms with E-state index in [1.807, 2.05) is 30.0 Å². The maximum absolute atomic E-state index is 12.2. The highest BCUT2D eigenvalue weighted by Crippen LogP contribution is 2.34. The Bertz CT molecular complexity index is 476. The molecule has 116 valence electrons. The van der Waals surface area contributed by atoms with Gasteiger partial charge in [-0.2, -0.15) is 0 Å². The molecule has 2 rings (SSSR count). The summed E-state index contributed by atoms with van der Waals surface area (Å²) in [5.74, 6) is 0. The Balaban J connectivity index is 1.82. The number of aryl methyl sites for hydroxylation is 1. The van der Waals surface area contributed by atoms with Crippen molar-refractivity contribution in [3.05, 3.63) is 29.6 Å². The first-order valence-electron chi connectivity index (χ1n) is 7.65. The van der Waals surface area contributed by atoms with Crippen LogP contribution in [0.25, 0.3) is 0 Å². The van der Waals surface area contributed by atoms with Crippen LogP contribution in [-0.4, -0.2) is 40.7 Å². The lowest BCUT2D eigenvalue weighted by Crippen LogP contribution is -2.48. The number of piperidine rings is 1. The zero-order valence-corrected chi connectivity index (χ0v) is 12.9. The standard InChI is InChI=1S/C16H25N3O2/c1-3-16(12-20)7-9-19(10-8-16)15(21)17-11-14-6-4-5-13(2)18-14/h4-6,20H,3,7-12H2,1-2H3,(H,17,21). The molecule has 1 aromatic heterocycles. The molecule has 2 N–H and O–H groups in total. The number of pyridine rings is 1. The SMILES string of the molecule is CCC1(CO)CCN(C(=O)NCc2cccc(C)n2)CC1. The number of carbonyl (C=O) groups is 1. The van der Waals surface area contributed by atoms with Crippen molar-refractivity contribution in [1.29, 1.82) is 0 Å². The Morgan fingerprint density at radius 1 is 1.43 bits per heavy atom. The molecule has 0 aliphatic carbocycles. The van der Waals surface area contributed by atoms with Crippen molar-refractivity contribution < 1.29 is 9.90 Å². The van der Waals surface area contributed by atoms with Crippen LogP contribution in [0.4, 0.5) is 4.79 Å². The second-order valence-electron chi connectivity index (χ2n) is 5.93. The number of rotatable bonds is 4. The first-order chi connectivity index (χ1) is 10.1. The second kappa shape index (κ2) is 6.89. The molecule has 5 nitrogen and oxygen atoms in total. The van der Waals surface area contributed by atoms with Crippen LogP contribution in [0.2, 0.25) is 0 Å². The van der Waals surface area contributed by atoms with E-state index in [2.05, 4.69) is 17.2 Å². The number of hydrogen-bond acceptors (Lipinski definition) is 3. The molecule has 0 atom stereocenters. The van der Waals surface area contributed by atoms with Gasteiger partial charge in [0.05, 0.1) is 12.2 Å². The van der Waals surface area contributed by atoms with Crippen molar-refractivity contribution in [1.82, 2.24) is 15.2 Å². The molecule has 0 radical (unpaired) electrons. The van der Waals surface area contributed by atoms with Crippen LogP contribution in [0.3, 0.4) is 0 Å². The number of aliphatic hydroxyl groups is 1. The normalized spacial score (nSPS) is 17.6. The van der Waals surface area contributed by atoms with E-state index in [4.69, 9.17) is 0 Å². The summed E-state index contributed by atoms with van der Waals surface area (Å²) in [6, 6.07) is 5.76. The lowest BCUT2D eigenvalue weighted by Gasteiger charge is -2.40. The van der Waals surface area contributed by atoms with Gasteiger partial charge in [-0.15, -0.1) is 0 Å². The summed E-state index contributed by atoms with van der Waals surface area (Å²) in [6.45, 7) is 6.13. The van der Waals surface area contributed by atoms with Gasteiger partial charge in [0.15, 0.2) is 0 Å². The summed E-state index contributed by atoms with van der Waals surface area (Å²) in [5, 5.41) is 12.4. The Labute approximate surface area is 126 Å². The quantitative estimate of drug-likeness (QED) is 0.892. The van der Waals surface area contributed by atoms with E-state index in [1.54, 1.807) is 0 Å². The van der Waals surface area contributed by atoms with Crippen molar-refractivity contribution in [3.63, 3.8) is 0 Å². The fraction of sp³-hybridized carbons (Fsp3) is 0.625. The Hall–Kier alpha value is -1.62. The summed E-state index contributed by atoms with van der Waals surface area (Å²) in [5.41, 5.74) is 1.84. The number of aliphatic hydroxyl groups excluding tert-OH is 1. The summed E-state index contributed by atoms with van der Waals surface area (Å²) < 4.78 is 0. The van der Waals surface area contributed by atoms with Gasteiger partial charge in [0, 0.05) is 25.4 Å². The number of nitrogens with one attached hydrogen (secondary N) is 1. The van der Waals surface area contributed by atoms with Gasteiger partial charge in [0.1, 0.15) is 0 Å². The molecule has 2 heterocycles. The van der Waals surface area contributed by atoms with Crippen LogP contribution in [0.1, 0.15) is 37.6 Å². The van der Waals surface area contributed by atoms with E-state index in [-0.39, 0.29) is 18.1 Å². The van der Waals surface area contributed by atoms with Gasteiger partial charge >= 0.3 is 6.03 Å². The Morgan fingerprint density at radius 2 is 2.14 bits per heavy atom. The molecule has 1 aromatic rings. The van der Waals surface area contributed by atoms with Crippen LogP contribution in [-0.2, 0) is 6.54 Å². The lowest BCUT2D eigenvalue weighted by atomic mass is 9.77. The molecular formula is C16H25N3O2. The molecule has 1 saturated heterocycles. The zero-order chi connectivity index (χ0) is 15.3. The van der Waals surface area contributed by atoms with Crippen molar-refractivity contribution in [2.75, 3.05) is 19.7 Å². The summed E-state index contributed by atoms with van der Waals surface area (Å²) in [7, 11) is 0. The van der Waals surface area contributed by atoms with Gasteiger partial charge in [-0.25, -0.2) is 4.79 Å². The second-order valence-corrected chi connectivity index (χ2v) is 5.93. The van der Waals surface area contributed by atoms with Gasteiger partial charge in [-0.05, 0) is 43.7 Å². The highest BCUT2D eigenvalue weighted by Gasteiger charge is 2.33. The monoisotopic (exact) mass is 291 g/mol. The van der Waals surface area contributed by atoms with E-state index in [1.165, 1.54) is 0 Å². The van der Waals surface area contributed by atoms with Crippen LogP contribution in [0.5, 0.6) is 0 Å². The molecule has 1 fully saturated rings.